The predicted octanol–water partition coefficient (Wildman–Crippen LogP) is 1.09. The number of hydrogen-bond donors (Lipinski definition) is 5. The first-order chi connectivity index (χ1) is 15.0. The van der Waals surface area contributed by atoms with Gasteiger partial charge in [0.15, 0.2) is 11.5 Å². The van der Waals surface area contributed by atoms with Crippen molar-refractivity contribution in [2.75, 3.05) is 25.0 Å². The molecule has 0 radical (unpaired) electrons. The number of hydrogen-bond acceptors (Lipinski definition) is 9. The van der Waals surface area contributed by atoms with Crippen LogP contribution in [0.3, 0.4) is 0 Å². The zero-order valence-electron chi connectivity index (χ0n) is 17.3. The standard InChI is InChI=1S/C17H24BrFN8O4S/c1-10(2)26-32(29,30)27-6-5-17(20,9-27)8-21-15-14(24-31-25-15)16(23-28)22-11-3-4-13(19)12(18)7-11/h3-4,7,10,26,28H,5-6,8-9,20H2,1-2H3,(H,21,25)(H,22,23)/t17-/m0/s1. The van der Waals surface area contributed by atoms with Crippen LogP contribution in [0.2, 0.25) is 0 Å². The van der Waals surface area contributed by atoms with E-state index in [4.69, 9.17) is 10.4 Å². The van der Waals surface area contributed by atoms with Gasteiger partial charge in [0.25, 0.3) is 10.2 Å². The normalized spacial score (nSPS) is 20.2. The molecule has 32 heavy (non-hydrogen) atoms. The van der Waals surface area contributed by atoms with Crippen molar-refractivity contribution < 1.29 is 22.6 Å². The van der Waals surface area contributed by atoms with Crippen LogP contribution in [0, 0.1) is 5.82 Å². The molecule has 0 aliphatic carbocycles. The Morgan fingerprint density at radius 1 is 1.47 bits per heavy atom. The molecule has 0 amide bonds. The molecule has 15 heteroatoms. The SMILES string of the molecule is CC(C)NS(=O)(=O)N1CC[C@](N)(CNc2nonc2C(=Nc2ccc(F)c(Br)c2)NO)C1. The molecule has 3 rings (SSSR count). The Morgan fingerprint density at radius 3 is 2.88 bits per heavy atom. The van der Waals surface area contributed by atoms with Crippen molar-refractivity contribution >= 4 is 43.5 Å². The average Bonchev–Trinajstić information content (AvgIpc) is 3.34. The van der Waals surface area contributed by atoms with Gasteiger partial charge < -0.3 is 11.1 Å². The van der Waals surface area contributed by atoms with Crippen LogP contribution in [0.15, 0.2) is 32.3 Å². The van der Waals surface area contributed by atoms with Gasteiger partial charge in [0.1, 0.15) is 5.82 Å². The van der Waals surface area contributed by atoms with Crippen LogP contribution in [0.4, 0.5) is 15.9 Å². The summed E-state index contributed by atoms with van der Waals surface area (Å²) in [5, 5.41) is 20.0. The zero-order chi connectivity index (χ0) is 23.5. The highest BCUT2D eigenvalue weighted by Crippen LogP contribution is 2.25. The lowest BCUT2D eigenvalue weighted by Gasteiger charge is -2.25. The van der Waals surface area contributed by atoms with Crippen LogP contribution in [-0.2, 0) is 10.2 Å². The lowest BCUT2D eigenvalue weighted by atomic mass is 10.0. The number of aliphatic imine (C=N–C) groups is 1. The summed E-state index contributed by atoms with van der Waals surface area (Å²) in [5.74, 6) is -0.426. The second-order valence-electron chi connectivity index (χ2n) is 7.71. The summed E-state index contributed by atoms with van der Waals surface area (Å²) in [6.45, 7) is 4.01. The summed E-state index contributed by atoms with van der Waals surface area (Å²) in [6, 6.07) is 3.80. The summed E-state index contributed by atoms with van der Waals surface area (Å²) in [5.41, 5.74) is 7.83. The minimum atomic E-state index is -3.63. The third kappa shape index (κ3) is 5.79. The van der Waals surface area contributed by atoms with Crippen molar-refractivity contribution in [1.29, 1.82) is 0 Å². The number of aromatic nitrogens is 2. The third-order valence-corrected chi connectivity index (χ3v) is 7.01. The van der Waals surface area contributed by atoms with E-state index in [0.717, 1.165) is 0 Å². The van der Waals surface area contributed by atoms with Crippen molar-refractivity contribution in [3.8, 4) is 0 Å². The Kier molecular flexibility index (Phi) is 7.46. The number of benzene rings is 1. The Bertz CT molecular complexity index is 1100. The fourth-order valence-electron chi connectivity index (χ4n) is 3.11. The Labute approximate surface area is 192 Å². The van der Waals surface area contributed by atoms with Crippen molar-refractivity contribution in [2.24, 2.45) is 10.7 Å². The first-order valence-corrected chi connectivity index (χ1v) is 11.8. The number of hydroxylamine groups is 1. The number of amidine groups is 1. The molecule has 1 aromatic carbocycles. The molecule has 1 atom stereocenters. The molecule has 1 aliphatic rings. The first-order valence-electron chi connectivity index (χ1n) is 9.60. The van der Waals surface area contributed by atoms with Gasteiger partial charge >= 0.3 is 0 Å². The maximum Gasteiger partial charge on any atom is 0.279 e. The van der Waals surface area contributed by atoms with E-state index in [1.807, 2.05) is 5.48 Å². The van der Waals surface area contributed by atoms with Gasteiger partial charge in [0.05, 0.1) is 10.2 Å². The summed E-state index contributed by atoms with van der Waals surface area (Å²) >= 11 is 3.07. The summed E-state index contributed by atoms with van der Waals surface area (Å²) in [7, 11) is -3.63. The summed E-state index contributed by atoms with van der Waals surface area (Å²) in [4.78, 5) is 4.18. The monoisotopic (exact) mass is 534 g/mol. The molecular formula is C17H24BrFN8O4S. The molecule has 6 N–H and O–H groups in total. The minimum absolute atomic E-state index is 0.0560. The van der Waals surface area contributed by atoms with Crippen LogP contribution in [0.1, 0.15) is 26.0 Å². The lowest BCUT2D eigenvalue weighted by molar-refractivity contribution is 0.234. The van der Waals surface area contributed by atoms with Gasteiger partial charge in [-0.15, -0.1) is 0 Å². The van der Waals surface area contributed by atoms with Crippen molar-refractivity contribution in [2.45, 2.75) is 31.8 Å². The van der Waals surface area contributed by atoms with Crippen LogP contribution in [-0.4, -0.2) is 65.3 Å². The zero-order valence-corrected chi connectivity index (χ0v) is 19.7. The Balaban J connectivity index is 1.72. The smallest absolute Gasteiger partial charge is 0.279 e. The molecule has 0 unspecified atom stereocenters. The summed E-state index contributed by atoms with van der Waals surface area (Å²) in [6.07, 6.45) is 0.419. The largest absolute Gasteiger partial charge is 0.363 e. The number of rotatable bonds is 8. The molecule has 0 bridgehead atoms. The van der Waals surface area contributed by atoms with E-state index in [-0.39, 0.29) is 47.5 Å². The molecule has 1 aliphatic heterocycles. The van der Waals surface area contributed by atoms with Crippen LogP contribution in [0.5, 0.6) is 0 Å². The summed E-state index contributed by atoms with van der Waals surface area (Å²) < 4.78 is 47.0. The maximum atomic E-state index is 13.4. The van der Waals surface area contributed by atoms with Gasteiger partial charge in [-0.1, -0.05) is 0 Å². The fraction of sp³-hybridized carbons (Fsp3) is 0.471. The second kappa shape index (κ2) is 9.76. The highest BCUT2D eigenvalue weighted by Gasteiger charge is 2.40. The van der Waals surface area contributed by atoms with Gasteiger partial charge in [0.2, 0.25) is 5.82 Å². The van der Waals surface area contributed by atoms with Gasteiger partial charge in [-0.05, 0) is 64.7 Å². The van der Waals surface area contributed by atoms with Gasteiger partial charge in [-0.25, -0.2) is 14.0 Å². The first kappa shape index (κ1) is 24.5. The minimum Gasteiger partial charge on any atom is -0.363 e. The Morgan fingerprint density at radius 2 is 2.22 bits per heavy atom. The lowest BCUT2D eigenvalue weighted by Crippen LogP contribution is -2.51. The van der Waals surface area contributed by atoms with E-state index >= 15 is 0 Å². The molecule has 176 valence electrons. The van der Waals surface area contributed by atoms with Crippen molar-refractivity contribution in [3.63, 3.8) is 0 Å². The van der Waals surface area contributed by atoms with E-state index in [1.165, 1.54) is 22.5 Å². The predicted molar refractivity (Wildman–Crippen MR) is 118 cm³/mol. The van der Waals surface area contributed by atoms with Crippen LogP contribution < -0.4 is 21.3 Å². The average molecular weight is 535 g/mol. The topological polar surface area (TPSA) is 171 Å². The highest BCUT2D eigenvalue weighted by atomic mass is 79.9. The molecule has 1 aromatic heterocycles. The molecule has 1 fully saturated rings. The quantitative estimate of drug-likeness (QED) is 0.189. The fourth-order valence-corrected chi connectivity index (χ4v) is 4.98. The van der Waals surface area contributed by atoms with E-state index in [9.17, 15) is 18.0 Å². The molecule has 1 saturated heterocycles. The highest BCUT2D eigenvalue weighted by molar-refractivity contribution is 9.10. The molecule has 2 aromatic rings. The molecule has 0 spiro atoms. The van der Waals surface area contributed by atoms with E-state index in [2.05, 4.69) is 41.3 Å². The second-order valence-corrected chi connectivity index (χ2v) is 10.3. The molecular weight excluding hydrogens is 511 g/mol. The molecule has 0 saturated carbocycles. The van der Waals surface area contributed by atoms with E-state index in [0.29, 0.717) is 12.1 Å². The Hall–Kier alpha value is -2.17. The maximum absolute atomic E-state index is 13.4. The van der Waals surface area contributed by atoms with Gasteiger partial charge in [0, 0.05) is 31.2 Å². The number of anilines is 1. The van der Waals surface area contributed by atoms with Gasteiger partial charge in [-0.3, -0.25) is 10.7 Å². The number of nitrogens with two attached hydrogens (primary N) is 1. The number of nitrogens with zero attached hydrogens (tertiary/aromatic N) is 4. The third-order valence-electron chi connectivity index (χ3n) is 4.65. The number of nitrogens with one attached hydrogen (secondary N) is 3. The van der Waals surface area contributed by atoms with E-state index < -0.39 is 21.6 Å². The van der Waals surface area contributed by atoms with Gasteiger partial charge in [-0.2, -0.15) is 17.4 Å². The van der Waals surface area contributed by atoms with Crippen LogP contribution >= 0.6 is 15.9 Å². The number of halogens is 2. The van der Waals surface area contributed by atoms with Crippen LogP contribution in [0.25, 0.3) is 0 Å². The molecule has 2 heterocycles. The van der Waals surface area contributed by atoms with Crippen molar-refractivity contribution in [3.05, 3.63) is 34.2 Å². The van der Waals surface area contributed by atoms with Crippen molar-refractivity contribution in [1.82, 2.24) is 24.8 Å². The van der Waals surface area contributed by atoms with E-state index in [1.54, 1.807) is 13.8 Å². The molecule has 12 nitrogen and oxygen atoms in total.